The van der Waals surface area contributed by atoms with Crippen LogP contribution in [0.5, 0.6) is 0 Å². The summed E-state index contributed by atoms with van der Waals surface area (Å²) in [6.45, 7) is 3.01. The number of nitrogens with one attached hydrogen (secondary N) is 1. The highest BCUT2D eigenvalue weighted by molar-refractivity contribution is 7.10. The number of thiophene rings is 1. The zero-order chi connectivity index (χ0) is 11.1. The molecule has 0 bridgehead atoms. The summed E-state index contributed by atoms with van der Waals surface area (Å²) in [6.07, 6.45) is 1.94. The molecular weight excluding hydrogens is 210 g/mol. The largest absolute Gasteiger partial charge is 0.481 e. The van der Waals surface area contributed by atoms with E-state index >= 15 is 0 Å². The van der Waals surface area contributed by atoms with Crippen molar-refractivity contribution in [3.63, 3.8) is 0 Å². The van der Waals surface area contributed by atoms with Crippen LogP contribution in [0.1, 0.15) is 37.1 Å². The Bertz CT molecular complexity index is 285. The second kappa shape index (κ2) is 6.58. The summed E-state index contributed by atoms with van der Waals surface area (Å²) < 4.78 is 0. The maximum absolute atomic E-state index is 10.3. The van der Waals surface area contributed by atoms with E-state index in [1.807, 2.05) is 6.07 Å². The van der Waals surface area contributed by atoms with E-state index in [4.69, 9.17) is 5.11 Å². The number of carboxylic acids is 1. The van der Waals surface area contributed by atoms with Gasteiger partial charge in [-0.2, -0.15) is 0 Å². The molecular formula is C11H17NO2S. The zero-order valence-corrected chi connectivity index (χ0v) is 9.72. The van der Waals surface area contributed by atoms with Crippen molar-refractivity contribution in [1.82, 2.24) is 5.32 Å². The van der Waals surface area contributed by atoms with Crippen molar-refractivity contribution in [3.05, 3.63) is 22.4 Å². The number of rotatable bonds is 7. The highest BCUT2D eigenvalue weighted by Crippen LogP contribution is 2.17. The molecule has 15 heavy (non-hydrogen) atoms. The predicted molar refractivity (Wildman–Crippen MR) is 62.2 cm³/mol. The minimum Gasteiger partial charge on any atom is -0.481 e. The summed E-state index contributed by atoms with van der Waals surface area (Å²) in [5.74, 6) is -0.707. The summed E-state index contributed by atoms with van der Waals surface area (Å²) in [5, 5.41) is 13.9. The van der Waals surface area contributed by atoms with E-state index in [-0.39, 0.29) is 6.42 Å². The quantitative estimate of drug-likeness (QED) is 0.704. The van der Waals surface area contributed by atoms with Crippen molar-refractivity contribution in [2.45, 2.75) is 32.2 Å². The van der Waals surface area contributed by atoms with Crippen LogP contribution in [0, 0.1) is 0 Å². The predicted octanol–water partition coefficient (Wildman–Crippen LogP) is 2.65. The summed E-state index contributed by atoms with van der Waals surface area (Å²) >= 11 is 1.74. The van der Waals surface area contributed by atoms with Gasteiger partial charge < -0.3 is 10.4 Å². The molecule has 1 aromatic rings. The third-order valence-corrected chi connectivity index (χ3v) is 3.29. The molecule has 0 saturated heterocycles. The maximum atomic E-state index is 10.3. The Labute approximate surface area is 94.1 Å². The van der Waals surface area contributed by atoms with Gasteiger partial charge in [0.1, 0.15) is 0 Å². The molecule has 0 unspecified atom stereocenters. The molecule has 4 heteroatoms. The van der Waals surface area contributed by atoms with Crippen LogP contribution in [0.3, 0.4) is 0 Å². The van der Waals surface area contributed by atoms with E-state index in [1.54, 1.807) is 11.3 Å². The molecule has 0 amide bonds. The minimum absolute atomic E-state index is 0.273. The Balaban J connectivity index is 2.08. The van der Waals surface area contributed by atoms with Crippen molar-refractivity contribution >= 4 is 17.3 Å². The molecule has 2 N–H and O–H groups in total. The van der Waals surface area contributed by atoms with Crippen LogP contribution in [0.2, 0.25) is 0 Å². The molecule has 0 fully saturated rings. The van der Waals surface area contributed by atoms with Gasteiger partial charge in [0.05, 0.1) is 0 Å². The van der Waals surface area contributed by atoms with Crippen LogP contribution < -0.4 is 5.32 Å². The van der Waals surface area contributed by atoms with Gasteiger partial charge in [0.25, 0.3) is 0 Å². The number of unbranched alkanes of at least 4 members (excludes halogenated alkanes) is 1. The Kier molecular flexibility index (Phi) is 5.36. The van der Waals surface area contributed by atoms with Gasteiger partial charge in [0.15, 0.2) is 0 Å². The molecule has 0 spiro atoms. The molecule has 1 heterocycles. The molecule has 0 aliphatic heterocycles. The topological polar surface area (TPSA) is 49.3 Å². The number of aliphatic carboxylic acids is 1. The van der Waals surface area contributed by atoms with Crippen molar-refractivity contribution in [3.8, 4) is 0 Å². The van der Waals surface area contributed by atoms with Gasteiger partial charge in [-0.25, -0.2) is 0 Å². The molecule has 3 nitrogen and oxygen atoms in total. The lowest BCUT2D eigenvalue weighted by Crippen LogP contribution is -2.19. The average molecular weight is 227 g/mol. The fraction of sp³-hybridized carbons (Fsp3) is 0.545. The first-order chi connectivity index (χ1) is 7.20. The standard InChI is InChI=1S/C11H17NO2S/c1-9(10-5-4-8-15-10)12-7-3-2-6-11(13)14/h4-5,8-9,12H,2-3,6-7H2,1H3,(H,13,14)/t9-/m0/s1. The van der Waals surface area contributed by atoms with Gasteiger partial charge in [-0.15, -0.1) is 11.3 Å². The van der Waals surface area contributed by atoms with Crippen LogP contribution in [0.25, 0.3) is 0 Å². The third-order valence-electron chi connectivity index (χ3n) is 2.24. The fourth-order valence-electron chi connectivity index (χ4n) is 1.36. The van der Waals surface area contributed by atoms with E-state index in [9.17, 15) is 4.79 Å². The lowest BCUT2D eigenvalue weighted by Gasteiger charge is -2.11. The smallest absolute Gasteiger partial charge is 0.303 e. The van der Waals surface area contributed by atoms with Gasteiger partial charge in [0, 0.05) is 17.3 Å². The summed E-state index contributed by atoms with van der Waals surface area (Å²) in [7, 11) is 0. The molecule has 1 aromatic heterocycles. The Morgan fingerprint density at radius 3 is 3.00 bits per heavy atom. The Morgan fingerprint density at radius 1 is 1.60 bits per heavy atom. The summed E-state index contributed by atoms with van der Waals surface area (Å²) in [4.78, 5) is 11.6. The van der Waals surface area contributed by atoms with Gasteiger partial charge in [-0.1, -0.05) is 6.07 Å². The summed E-state index contributed by atoms with van der Waals surface area (Å²) in [5.41, 5.74) is 0. The average Bonchev–Trinajstić information content (AvgIpc) is 2.69. The third kappa shape index (κ3) is 4.95. The fourth-order valence-corrected chi connectivity index (χ4v) is 2.12. The van der Waals surface area contributed by atoms with Crippen LogP contribution >= 0.6 is 11.3 Å². The first-order valence-electron chi connectivity index (χ1n) is 5.18. The maximum Gasteiger partial charge on any atom is 0.303 e. The molecule has 0 aliphatic carbocycles. The number of carbonyl (C=O) groups is 1. The van der Waals surface area contributed by atoms with Crippen molar-refractivity contribution in [2.75, 3.05) is 6.54 Å². The van der Waals surface area contributed by atoms with Crippen molar-refractivity contribution in [2.24, 2.45) is 0 Å². The molecule has 0 radical (unpaired) electrons. The van der Waals surface area contributed by atoms with E-state index in [2.05, 4.69) is 23.7 Å². The van der Waals surface area contributed by atoms with E-state index in [1.165, 1.54) is 4.88 Å². The van der Waals surface area contributed by atoms with Crippen molar-refractivity contribution in [1.29, 1.82) is 0 Å². The minimum atomic E-state index is -0.707. The normalized spacial score (nSPS) is 12.6. The van der Waals surface area contributed by atoms with Crippen LogP contribution in [-0.2, 0) is 4.79 Å². The van der Waals surface area contributed by atoms with Gasteiger partial charge in [-0.05, 0) is 37.8 Å². The lowest BCUT2D eigenvalue weighted by molar-refractivity contribution is -0.137. The zero-order valence-electron chi connectivity index (χ0n) is 8.90. The molecule has 1 atom stereocenters. The number of hydrogen-bond donors (Lipinski definition) is 2. The first-order valence-corrected chi connectivity index (χ1v) is 6.06. The van der Waals surface area contributed by atoms with E-state index in [0.717, 1.165) is 19.4 Å². The van der Waals surface area contributed by atoms with Crippen LogP contribution in [0.15, 0.2) is 17.5 Å². The molecule has 1 rings (SSSR count). The van der Waals surface area contributed by atoms with Gasteiger partial charge >= 0.3 is 5.97 Å². The lowest BCUT2D eigenvalue weighted by atomic mass is 10.2. The van der Waals surface area contributed by atoms with Gasteiger partial charge in [0.2, 0.25) is 0 Å². The van der Waals surface area contributed by atoms with Gasteiger partial charge in [-0.3, -0.25) is 4.79 Å². The van der Waals surface area contributed by atoms with Crippen LogP contribution in [-0.4, -0.2) is 17.6 Å². The van der Waals surface area contributed by atoms with E-state index in [0.29, 0.717) is 6.04 Å². The second-order valence-electron chi connectivity index (χ2n) is 3.54. The Hall–Kier alpha value is -0.870. The molecule has 0 aromatic carbocycles. The molecule has 0 aliphatic rings. The molecule has 84 valence electrons. The number of carboxylic acid groups (broad SMARTS) is 1. The summed E-state index contributed by atoms with van der Waals surface area (Å²) in [6, 6.07) is 4.53. The first kappa shape index (κ1) is 12.2. The highest BCUT2D eigenvalue weighted by atomic mass is 32.1. The highest BCUT2D eigenvalue weighted by Gasteiger charge is 2.04. The number of hydrogen-bond acceptors (Lipinski definition) is 3. The second-order valence-corrected chi connectivity index (χ2v) is 4.52. The van der Waals surface area contributed by atoms with Crippen molar-refractivity contribution < 1.29 is 9.90 Å². The van der Waals surface area contributed by atoms with E-state index < -0.39 is 5.97 Å². The SMILES string of the molecule is C[C@H](NCCCCC(=O)O)c1cccs1. The Morgan fingerprint density at radius 2 is 2.40 bits per heavy atom. The molecule has 0 saturated carbocycles. The van der Waals surface area contributed by atoms with Crippen LogP contribution in [0.4, 0.5) is 0 Å². The monoisotopic (exact) mass is 227 g/mol.